The molecule has 0 fully saturated rings. The van der Waals surface area contributed by atoms with Crippen LogP contribution in [0.2, 0.25) is 0 Å². The Kier molecular flexibility index (Phi) is 4.34. The van der Waals surface area contributed by atoms with E-state index in [-0.39, 0.29) is 5.56 Å². The number of rotatable bonds is 2. The lowest BCUT2D eigenvalue weighted by atomic mass is 9.98. The average Bonchev–Trinajstić information content (AvgIpc) is 2.92. The molecule has 4 rings (SSSR count). The maximum absolute atomic E-state index is 12.8. The van der Waals surface area contributed by atoms with Crippen LogP contribution in [0.3, 0.4) is 0 Å². The number of nitrogens with zero attached hydrogens (tertiary/aromatic N) is 2. The van der Waals surface area contributed by atoms with E-state index in [1.54, 1.807) is 11.3 Å². The third-order valence-electron chi connectivity index (χ3n) is 4.98. The van der Waals surface area contributed by atoms with Gasteiger partial charge >= 0.3 is 0 Å². The van der Waals surface area contributed by atoms with Gasteiger partial charge in [-0.1, -0.05) is 12.8 Å². The standard InChI is InChI=1S/C20H23N3OS/c1-23(2)14-11-9-13(10-12-14)18-21-19(24)17-15-7-5-3-4-6-8-16(15)25-20(17)22-18/h9-12H,3-8H2,1-2H3,(H,21,22,24). The van der Waals surface area contributed by atoms with Gasteiger partial charge in [-0.3, -0.25) is 4.79 Å². The number of benzene rings is 1. The summed E-state index contributed by atoms with van der Waals surface area (Å²) >= 11 is 1.71. The van der Waals surface area contributed by atoms with Gasteiger partial charge in [0.2, 0.25) is 0 Å². The zero-order chi connectivity index (χ0) is 17.4. The van der Waals surface area contributed by atoms with E-state index in [9.17, 15) is 4.79 Å². The Morgan fingerprint density at radius 1 is 1.04 bits per heavy atom. The average molecular weight is 353 g/mol. The number of hydrogen-bond donors (Lipinski definition) is 1. The highest BCUT2D eigenvalue weighted by atomic mass is 32.1. The van der Waals surface area contributed by atoms with E-state index in [1.807, 2.05) is 38.4 Å². The molecule has 0 radical (unpaired) electrons. The van der Waals surface area contributed by atoms with Gasteiger partial charge in [-0.05, 0) is 55.5 Å². The minimum Gasteiger partial charge on any atom is -0.378 e. The molecular weight excluding hydrogens is 330 g/mol. The number of fused-ring (bicyclic) bond motifs is 3. The normalized spacial score (nSPS) is 14.8. The van der Waals surface area contributed by atoms with E-state index < -0.39 is 0 Å². The molecule has 0 unspecified atom stereocenters. The molecule has 0 spiro atoms. The summed E-state index contributed by atoms with van der Waals surface area (Å²) in [7, 11) is 4.03. The van der Waals surface area contributed by atoms with Crippen molar-refractivity contribution >= 4 is 27.2 Å². The molecule has 0 saturated carbocycles. The zero-order valence-electron chi connectivity index (χ0n) is 14.8. The molecule has 1 aromatic carbocycles. The molecule has 5 heteroatoms. The van der Waals surface area contributed by atoms with Crippen molar-refractivity contribution in [2.75, 3.05) is 19.0 Å². The maximum Gasteiger partial charge on any atom is 0.260 e. The molecule has 130 valence electrons. The van der Waals surface area contributed by atoms with E-state index in [4.69, 9.17) is 4.98 Å². The van der Waals surface area contributed by atoms with Gasteiger partial charge in [0.1, 0.15) is 10.7 Å². The monoisotopic (exact) mass is 353 g/mol. The van der Waals surface area contributed by atoms with Crippen molar-refractivity contribution < 1.29 is 0 Å². The molecule has 2 heterocycles. The van der Waals surface area contributed by atoms with Crippen molar-refractivity contribution in [3.8, 4) is 11.4 Å². The zero-order valence-corrected chi connectivity index (χ0v) is 15.6. The molecule has 4 nitrogen and oxygen atoms in total. The van der Waals surface area contributed by atoms with Gasteiger partial charge < -0.3 is 9.88 Å². The first kappa shape index (κ1) is 16.3. The fourth-order valence-corrected chi connectivity index (χ4v) is 4.83. The van der Waals surface area contributed by atoms with Gasteiger partial charge in [-0.25, -0.2) is 4.98 Å². The summed E-state index contributed by atoms with van der Waals surface area (Å²) in [5, 5.41) is 0.829. The minimum atomic E-state index is 0.00904. The highest BCUT2D eigenvalue weighted by molar-refractivity contribution is 7.18. The number of anilines is 1. The lowest BCUT2D eigenvalue weighted by molar-refractivity contribution is 0.623. The van der Waals surface area contributed by atoms with Crippen LogP contribution < -0.4 is 10.5 Å². The van der Waals surface area contributed by atoms with Crippen LogP contribution in [0.25, 0.3) is 21.6 Å². The summed E-state index contributed by atoms with van der Waals surface area (Å²) in [5.74, 6) is 0.664. The minimum absolute atomic E-state index is 0.00904. The molecule has 0 amide bonds. The predicted molar refractivity (Wildman–Crippen MR) is 106 cm³/mol. The van der Waals surface area contributed by atoms with Crippen molar-refractivity contribution in [2.45, 2.75) is 38.5 Å². The number of hydrogen-bond acceptors (Lipinski definition) is 4. The Morgan fingerprint density at radius 2 is 1.76 bits per heavy atom. The summed E-state index contributed by atoms with van der Waals surface area (Å²) in [6, 6.07) is 8.13. The Balaban J connectivity index is 1.80. The quantitative estimate of drug-likeness (QED) is 0.744. The highest BCUT2D eigenvalue weighted by Crippen LogP contribution is 2.33. The molecule has 25 heavy (non-hydrogen) atoms. The van der Waals surface area contributed by atoms with E-state index in [0.717, 1.165) is 34.3 Å². The van der Waals surface area contributed by atoms with Crippen molar-refractivity contribution in [1.82, 2.24) is 9.97 Å². The van der Waals surface area contributed by atoms with Crippen LogP contribution in [0.4, 0.5) is 5.69 Å². The first-order valence-corrected chi connectivity index (χ1v) is 9.77. The van der Waals surface area contributed by atoms with E-state index in [1.165, 1.54) is 36.1 Å². The van der Waals surface area contributed by atoms with Crippen LogP contribution in [0.5, 0.6) is 0 Å². The van der Waals surface area contributed by atoms with Crippen molar-refractivity contribution in [2.24, 2.45) is 0 Å². The molecule has 0 aliphatic heterocycles. The molecule has 1 aliphatic carbocycles. The smallest absolute Gasteiger partial charge is 0.260 e. The SMILES string of the molecule is CN(C)c1ccc(-c2nc3sc4c(c3c(=O)[nH]2)CCCCCC4)cc1. The van der Waals surface area contributed by atoms with Crippen molar-refractivity contribution in [3.05, 3.63) is 45.1 Å². The summed E-state index contributed by atoms with van der Waals surface area (Å²) in [6.07, 6.45) is 7.04. The van der Waals surface area contributed by atoms with Gasteiger partial charge in [-0.2, -0.15) is 0 Å². The summed E-state index contributed by atoms with van der Waals surface area (Å²) in [5.41, 5.74) is 3.34. The molecule has 2 aromatic heterocycles. The molecule has 3 aromatic rings. The molecule has 1 aliphatic rings. The van der Waals surface area contributed by atoms with Gasteiger partial charge in [0.15, 0.2) is 0 Å². The third kappa shape index (κ3) is 3.09. The second kappa shape index (κ2) is 6.64. The Bertz CT molecular complexity index is 953. The van der Waals surface area contributed by atoms with E-state index in [2.05, 4.69) is 9.88 Å². The topological polar surface area (TPSA) is 49.0 Å². The molecule has 0 saturated heterocycles. The number of aromatic nitrogens is 2. The number of aryl methyl sites for hydroxylation is 2. The molecule has 0 atom stereocenters. The predicted octanol–water partition coefficient (Wildman–Crippen LogP) is 4.38. The number of H-pyrrole nitrogens is 1. The second-order valence-electron chi connectivity index (χ2n) is 6.95. The lowest BCUT2D eigenvalue weighted by Crippen LogP contribution is -2.11. The first-order chi connectivity index (χ1) is 12.1. The van der Waals surface area contributed by atoms with Crippen LogP contribution in [0, 0.1) is 0 Å². The summed E-state index contributed by atoms with van der Waals surface area (Å²) < 4.78 is 0. The van der Waals surface area contributed by atoms with E-state index >= 15 is 0 Å². The van der Waals surface area contributed by atoms with Crippen molar-refractivity contribution in [3.63, 3.8) is 0 Å². The van der Waals surface area contributed by atoms with Crippen LogP contribution in [0.1, 0.15) is 36.1 Å². The molecule has 0 bridgehead atoms. The van der Waals surface area contributed by atoms with Crippen molar-refractivity contribution in [1.29, 1.82) is 0 Å². The number of nitrogens with one attached hydrogen (secondary N) is 1. The van der Waals surface area contributed by atoms with Gasteiger partial charge in [-0.15, -0.1) is 11.3 Å². The summed E-state index contributed by atoms with van der Waals surface area (Å²) in [4.78, 5) is 24.9. The van der Waals surface area contributed by atoms with Gasteiger partial charge in [0, 0.05) is 30.2 Å². The largest absolute Gasteiger partial charge is 0.378 e. The molecular formula is C20H23N3OS. The third-order valence-corrected chi connectivity index (χ3v) is 6.17. The van der Waals surface area contributed by atoms with Crippen LogP contribution in [0.15, 0.2) is 29.1 Å². The van der Waals surface area contributed by atoms with Gasteiger partial charge in [0.05, 0.1) is 5.39 Å². The fraction of sp³-hybridized carbons (Fsp3) is 0.400. The Labute approximate surface area is 151 Å². The van der Waals surface area contributed by atoms with Crippen LogP contribution in [-0.2, 0) is 12.8 Å². The number of thiophene rings is 1. The highest BCUT2D eigenvalue weighted by Gasteiger charge is 2.18. The fourth-order valence-electron chi connectivity index (χ4n) is 3.57. The molecule has 1 N–H and O–H groups in total. The van der Waals surface area contributed by atoms with Crippen LogP contribution >= 0.6 is 11.3 Å². The Hall–Kier alpha value is -2.14. The van der Waals surface area contributed by atoms with Crippen LogP contribution in [-0.4, -0.2) is 24.1 Å². The van der Waals surface area contributed by atoms with Gasteiger partial charge in [0.25, 0.3) is 5.56 Å². The lowest BCUT2D eigenvalue weighted by Gasteiger charge is -2.12. The number of aromatic amines is 1. The first-order valence-electron chi connectivity index (χ1n) is 8.96. The summed E-state index contributed by atoms with van der Waals surface area (Å²) in [6.45, 7) is 0. The second-order valence-corrected chi connectivity index (χ2v) is 8.04. The Morgan fingerprint density at radius 3 is 2.48 bits per heavy atom. The maximum atomic E-state index is 12.8. The van der Waals surface area contributed by atoms with E-state index in [0.29, 0.717) is 5.82 Å².